The number of fused-ring (bicyclic) bond motifs is 3. The number of rotatable bonds is 5. The summed E-state index contributed by atoms with van der Waals surface area (Å²) in [6.45, 7) is 2.32. The highest BCUT2D eigenvalue weighted by atomic mass is 32.1. The molecule has 0 bridgehead atoms. The van der Waals surface area contributed by atoms with Crippen molar-refractivity contribution in [1.29, 1.82) is 0 Å². The zero-order chi connectivity index (χ0) is 15.0. The lowest BCUT2D eigenvalue weighted by atomic mass is 10.3. The topological polar surface area (TPSA) is 76.6 Å². The van der Waals surface area contributed by atoms with Crippen LogP contribution in [0.1, 0.15) is 25.6 Å². The average Bonchev–Trinajstić information content (AvgIpc) is 3.02. The first-order valence-electron chi connectivity index (χ1n) is 6.82. The minimum atomic E-state index is -0.858. The summed E-state index contributed by atoms with van der Waals surface area (Å²) >= 11 is 1.59. The molecule has 0 aliphatic rings. The van der Waals surface area contributed by atoms with E-state index in [0.717, 1.165) is 16.0 Å². The number of aliphatic carboxylic acids is 1. The summed E-state index contributed by atoms with van der Waals surface area (Å²) in [6, 6.07) is 3.87. The molecule has 21 heavy (non-hydrogen) atoms. The molecular weight excluding hydrogens is 290 g/mol. The van der Waals surface area contributed by atoms with Crippen LogP contribution in [0.2, 0.25) is 0 Å². The number of hydrogen-bond acceptors (Lipinski definition) is 4. The van der Waals surface area contributed by atoms with E-state index < -0.39 is 5.97 Å². The molecule has 7 heteroatoms. The van der Waals surface area contributed by atoms with Crippen LogP contribution in [0.15, 0.2) is 22.3 Å². The highest BCUT2D eigenvalue weighted by Crippen LogP contribution is 2.24. The first kappa shape index (κ1) is 13.8. The van der Waals surface area contributed by atoms with Gasteiger partial charge in [-0.3, -0.25) is 14.0 Å². The fourth-order valence-electron chi connectivity index (χ4n) is 2.48. The molecule has 110 valence electrons. The number of aryl methyl sites for hydroxylation is 2. The third kappa shape index (κ3) is 2.33. The van der Waals surface area contributed by atoms with Gasteiger partial charge in [-0.2, -0.15) is 5.10 Å². The number of carbonyl (C=O) groups is 1. The van der Waals surface area contributed by atoms with Gasteiger partial charge in [-0.15, -0.1) is 11.3 Å². The van der Waals surface area contributed by atoms with Crippen LogP contribution in [0.5, 0.6) is 0 Å². The molecule has 0 amide bonds. The Morgan fingerprint density at radius 1 is 1.43 bits per heavy atom. The van der Waals surface area contributed by atoms with E-state index in [2.05, 4.69) is 5.10 Å². The van der Waals surface area contributed by atoms with E-state index in [-0.39, 0.29) is 12.0 Å². The maximum Gasteiger partial charge on any atom is 0.303 e. The summed E-state index contributed by atoms with van der Waals surface area (Å²) in [5.74, 6) is -0.0450. The SMILES string of the molecule is CCc1nn(CCCC(=O)O)c(=O)c2cc3sccc3n12. The lowest BCUT2D eigenvalue weighted by Crippen LogP contribution is -2.27. The molecular formula is C14H15N3O3S. The number of carboxylic acid groups (broad SMARTS) is 1. The number of thiophene rings is 1. The molecule has 0 atom stereocenters. The molecule has 0 aromatic carbocycles. The molecule has 0 aliphatic carbocycles. The van der Waals surface area contributed by atoms with Gasteiger partial charge in [-0.1, -0.05) is 6.92 Å². The summed E-state index contributed by atoms with van der Waals surface area (Å²) in [5.41, 5.74) is 1.45. The Balaban J connectivity index is 2.12. The van der Waals surface area contributed by atoms with E-state index in [1.54, 1.807) is 11.3 Å². The number of nitrogens with zero attached hydrogens (tertiary/aromatic N) is 3. The van der Waals surface area contributed by atoms with Crippen LogP contribution >= 0.6 is 11.3 Å². The fraction of sp³-hybridized carbons (Fsp3) is 0.357. The molecule has 0 aliphatic heterocycles. The second-order valence-electron chi connectivity index (χ2n) is 4.83. The molecule has 0 unspecified atom stereocenters. The average molecular weight is 305 g/mol. The third-order valence-corrected chi connectivity index (χ3v) is 4.30. The molecule has 3 aromatic rings. The van der Waals surface area contributed by atoms with Gasteiger partial charge in [-0.25, -0.2) is 4.68 Å². The second kappa shape index (κ2) is 5.33. The van der Waals surface area contributed by atoms with E-state index in [1.807, 2.05) is 28.8 Å². The first-order chi connectivity index (χ1) is 10.1. The molecule has 0 spiro atoms. The van der Waals surface area contributed by atoms with E-state index in [0.29, 0.717) is 24.9 Å². The number of hydrogen-bond donors (Lipinski definition) is 1. The minimum absolute atomic E-state index is 0.0386. The summed E-state index contributed by atoms with van der Waals surface area (Å²) in [4.78, 5) is 23.1. The Kier molecular flexibility index (Phi) is 3.50. The van der Waals surface area contributed by atoms with Crippen LogP contribution < -0.4 is 5.56 Å². The normalized spacial score (nSPS) is 11.5. The minimum Gasteiger partial charge on any atom is -0.481 e. The van der Waals surface area contributed by atoms with Crippen LogP contribution in [0, 0.1) is 0 Å². The molecule has 0 radical (unpaired) electrons. The van der Waals surface area contributed by atoms with Crippen molar-refractivity contribution in [3.05, 3.63) is 33.7 Å². The first-order valence-corrected chi connectivity index (χ1v) is 7.70. The van der Waals surface area contributed by atoms with Crippen LogP contribution in [0.25, 0.3) is 15.7 Å². The van der Waals surface area contributed by atoms with Crippen molar-refractivity contribution in [3.8, 4) is 0 Å². The summed E-state index contributed by atoms with van der Waals surface area (Å²) in [5, 5.41) is 15.1. The summed E-state index contributed by atoms with van der Waals surface area (Å²) < 4.78 is 4.36. The third-order valence-electron chi connectivity index (χ3n) is 3.45. The Morgan fingerprint density at radius 3 is 2.95 bits per heavy atom. The van der Waals surface area contributed by atoms with Gasteiger partial charge in [-0.05, 0) is 23.9 Å². The van der Waals surface area contributed by atoms with E-state index in [1.165, 1.54) is 4.68 Å². The molecule has 0 saturated carbocycles. The smallest absolute Gasteiger partial charge is 0.303 e. The highest BCUT2D eigenvalue weighted by Gasteiger charge is 2.14. The van der Waals surface area contributed by atoms with Gasteiger partial charge in [0.05, 0.1) is 10.2 Å². The second-order valence-corrected chi connectivity index (χ2v) is 5.78. The maximum atomic E-state index is 12.5. The fourth-order valence-corrected chi connectivity index (χ4v) is 3.29. The lowest BCUT2D eigenvalue weighted by molar-refractivity contribution is -0.137. The summed E-state index contributed by atoms with van der Waals surface area (Å²) in [6.07, 6.45) is 1.14. The van der Waals surface area contributed by atoms with Gasteiger partial charge in [0.2, 0.25) is 0 Å². The predicted octanol–water partition coefficient (Wildman–Crippen LogP) is 2.14. The van der Waals surface area contributed by atoms with E-state index >= 15 is 0 Å². The van der Waals surface area contributed by atoms with Crippen molar-refractivity contribution in [1.82, 2.24) is 14.2 Å². The van der Waals surface area contributed by atoms with E-state index in [4.69, 9.17) is 5.11 Å². The molecule has 0 saturated heterocycles. The Labute approximate surface area is 124 Å². The van der Waals surface area contributed by atoms with Crippen molar-refractivity contribution in [2.24, 2.45) is 0 Å². The van der Waals surface area contributed by atoms with Crippen LogP contribution in [0.3, 0.4) is 0 Å². The standard InChI is InChI=1S/C14H15N3O3S/c1-2-12-15-16(6-3-4-13(18)19)14(20)10-8-11-9(17(10)12)5-7-21-11/h5,7-8H,2-4,6H2,1H3,(H,18,19). The molecule has 3 rings (SSSR count). The van der Waals surface area contributed by atoms with Gasteiger partial charge in [0, 0.05) is 19.4 Å². The van der Waals surface area contributed by atoms with Gasteiger partial charge in [0.25, 0.3) is 5.56 Å². The molecule has 0 fully saturated rings. The van der Waals surface area contributed by atoms with Crippen molar-refractivity contribution >= 4 is 33.0 Å². The zero-order valence-electron chi connectivity index (χ0n) is 11.6. The maximum absolute atomic E-state index is 12.5. The largest absolute Gasteiger partial charge is 0.481 e. The van der Waals surface area contributed by atoms with Crippen molar-refractivity contribution in [3.63, 3.8) is 0 Å². The Hall–Kier alpha value is -2.15. The quantitative estimate of drug-likeness (QED) is 0.783. The van der Waals surface area contributed by atoms with E-state index in [9.17, 15) is 9.59 Å². The number of aromatic nitrogens is 3. The zero-order valence-corrected chi connectivity index (χ0v) is 12.4. The molecule has 3 heterocycles. The van der Waals surface area contributed by atoms with Crippen molar-refractivity contribution in [2.45, 2.75) is 32.7 Å². The van der Waals surface area contributed by atoms with Gasteiger partial charge in [0.15, 0.2) is 0 Å². The van der Waals surface area contributed by atoms with Crippen molar-refractivity contribution in [2.75, 3.05) is 0 Å². The van der Waals surface area contributed by atoms with Crippen LogP contribution in [0.4, 0.5) is 0 Å². The molecule has 1 N–H and O–H groups in total. The Bertz CT molecular complexity index is 875. The summed E-state index contributed by atoms with van der Waals surface area (Å²) in [7, 11) is 0. The van der Waals surface area contributed by atoms with Crippen molar-refractivity contribution < 1.29 is 9.90 Å². The van der Waals surface area contributed by atoms with Gasteiger partial charge >= 0.3 is 5.97 Å². The monoisotopic (exact) mass is 305 g/mol. The van der Waals surface area contributed by atoms with Gasteiger partial charge < -0.3 is 5.11 Å². The van der Waals surface area contributed by atoms with Gasteiger partial charge in [0.1, 0.15) is 11.3 Å². The molecule has 6 nitrogen and oxygen atoms in total. The van der Waals surface area contributed by atoms with Crippen LogP contribution in [-0.2, 0) is 17.8 Å². The highest BCUT2D eigenvalue weighted by molar-refractivity contribution is 7.17. The molecule has 3 aromatic heterocycles. The lowest BCUT2D eigenvalue weighted by Gasteiger charge is -2.09. The predicted molar refractivity (Wildman–Crippen MR) is 81.1 cm³/mol. The van der Waals surface area contributed by atoms with Crippen LogP contribution in [-0.4, -0.2) is 25.3 Å². The number of carboxylic acids is 1. The Morgan fingerprint density at radius 2 is 2.24 bits per heavy atom.